The van der Waals surface area contributed by atoms with Crippen molar-refractivity contribution >= 4 is 5.97 Å². The van der Waals surface area contributed by atoms with E-state index in [2.05, 4.69) is 19.1 Å². The molecule has 4 atom stereocenters. The lowest BCUT2D eigenvalue weighted by atomic mass is 9.94. The topological polar surface area (TPSA) is 35.5 Å². The summed E-state index contributed by atoms with van der Waals surface area (Å²) in [6.45, 7) is 4.59. The van der Waals surface area contributed by atoms with E-state index >= 15 is 0 Å². The minimum absolute atomic E-state index is 0.0613. The molecule has 0 radical (unpaired) electrons. The third kappa shape index (κ3) is 2.89. The van der Waals surface area contributed by atoms with E-state index in [9.17, 15) is 4.79 Å². The Morgan fingerprint density at radius 2 is 2.18 bits per heavy atom. The van der Waals surface area contributed by atoms with Gasteiger partial charge in [0, 0.05) is 13.0 Å². The number of ether oxygens (including phenoxy) is 2. The van der Waals surface area contributed by atoms with Crippen LogP contribution in [0.2, 0.25) is 0 Å². The number of esters is 1. The van der Waals surface area contributed by atoms with Gasteiger partial charge in [0.2, 0.25) is 6.29 Å². The van der Waals surface area contributed by atoms with E-state index in [1.165, 1.54) is 0 Å². The van der Waals surface area contributed by atoms with Gasteiger partial charge in [0.15, 0.2) is 0 Å². The highest BCUT2D eigenvalue weighted by molar-refractivity contribution is 5.74. The minimum atomic E-state index is -0.347. The van der Waals surface area contributed by atoms with E-state index in [0.29, 0.717) is 18.4 Å². The predicted octanol–water partition coefficient (Wildman–Crippen LogP) is 2.90. The van der Waals surface area contributed by atoms with Crippen LogP contribution in [-0.2, 0) is 14.3 Å². The van der Waals surface area contributed by atoms with Crippen molar-refractivity contribution in [1.29, 1.82) is 0 Å². The third-order valence-corrected chi connectivity index (χ3v) is 3.71. The van der Waals surface area contributed by atoms with Crippen molar-refractivity contribution in [3.63, 3.8) is 0 Å². The van der Waals surface area contributed by atoms with Gasteiger partial charge in [-0.25, -0.2) is 0 Å². The highest BCUT2D eigenvalue weighted by Crippen LogP contribution is 2.44. The first-order valence-electron chi connectivity index (χ1n) is 6.75. The van der Waals surface area contributed by atoms with Gasteiger partial charge in [-0.05, 0) is 31.6 Å². The molecule has 2 bridgehead atoms. The van der Waals surface area contributed by atoms with Crippen molar-refractivity contribution in [2.45, 2.75) is 45.8 Å². The van der Waals surface area contributed by atoms with Gasteiger partial charge in [-0.1, -0.05) is 25.5 Å². The number of allylic oxidation sites excluding steroid dienone is 2. The summed E-state index contributed by atoms with van der Waals surface area (Å²) in [4.78, 5) is 12.1. The SMILES string of the molecule is CCCC(OCC)OC(=O)C1CC2C=CC1C2. The second kappa shape index (κ2) is 5.67. The van der Waals surface area contributed by atoms with Crippen molar-refractivity contribution in [3.8, 4) is 0 Å². The van der Waals surface area contributed by atoms with Crippen LogP contribution in [0.3, 0.4) is 0 Å². The van der Waals surface area contributed by atoms with Crippen molar-refractivity contribution in [2.24, 2.45) is 17.8 Å². The largest absolute Gasteiger partial charge is 0.436 e. The molecule has 0 aromatic heterocycles. The molecule has 2 aliphatic carbocycles. The Kier molecular flexibility index (Phi) is 4.21. The summed E-state index contributed by atoms with van der Waals surface area (Å²) in [5.74, 6) is 1.03. The number of hydrogen-bond acceptors (Lipinski definition) is 3. The fraction of sp³-hybridized carbons (Fsp3) is 0.786. The maximum absolute atomic E-state index is 12.1. The molecule has 0 amide bonds. The van der Waals surface area contributed by atoms with Crippen LogP contribution >= 0.6 is 0 Å². The second-order valence-corrected chi connectivity index (χ2v) is 5.00. The van der Waals surface area contributed by atoms with Crippen LogP contribution < -0.4 is 0 Å². The van der Waals surface area contributed by atoms with Gasteiger partial charge < -0.3 is 9.47 Å². The smallest absolute Gasteiger partial charge is 0.311 e. The Labute approximate surface area is 103 Å². The highest BCUT2D eigenvalue weighted by atomic mass is 16.7. The Morgan fingerprint density at radius 3 is 2.71 bits per heavy atom. The fourth-order valence-electron chi connectivity index (χ4n) is 2.87. The molecule has 0 N–H and O–H groups in total. The molecule has 2 rings (SSSR count). The van der Waals surface area contributed by atoms with Crippen molar-refractivity contribution in [1.82, 2.24) is 0 Å². The molecule has 17 heavy (non-hydrogen) atoms. The molecule has 0 heterocycles. The first kappa shape index (κ1) is 12.6. The Morgan fingerprint density at radius 1 is 1.35 bits per heavy atom. The molecule has 1 fully saturated rings. The molecular weight excluding hydrogens is 216 g/mol. The summed E-state index contributed by atoms with van der Waals surface area (Å²) >= 11 is 0. The lowest BCUT2D eigenvalue weighted by molar-refractivity contribution is -0.184. The van der Waals surface area contributed by atoms with Gasteiger partial charge in [0.25, 0.3) is 0 Å². The molecule has 3 nitrogen and oxygen atoms in total. The number of fused-ring (bicyclic) bond motifs is 2. The van der Waals surface area contributed by atoms with E-state index in [0.717, 1.165) is 25.7 Å². The van der Waals surface area contributed by atoms with Gasteiger partial charge in [0.05, 0.1) is 5.92 Å². The number of hydrogen-bond donors (Lipinski definition) is 0. The van der Waals surface area contributed by atoms with Gasteiger partial charge in [-0.2, -0.15) is 0 Å². The van der Waals surface area contributed by atoms with E-state index in [1.807, 2.05) is 6.92 Å². The van der Waals surface area contributed by atoms with Gasteiger partial charge in [0.1, 0.15) is 0 Å². The van der Waals surface area contributed by atoms with Crippen LogP contribution in [0.25, 0.3) is 0 Å². The third-order valence-electron chi connectivity index (χ3n) is 3.71. The van der Waals surface area contributed by atoms with Crippen LogP contribution in [-0.4, -0.2) is 18.9 Å². The quantitative estimate of drug-likeness (QED) is 0.405. The normalized spacial score (nSPS) is 31.8. The zero-order valence-electron chi connectivity index (χ0n) is 10.7. The van der Waals surface area contributed by atoms with Gasteiger partial charge in [-0.15, -0.1) is 0 Å². The van der Waals surface area contributed by atoms with Crippen molar-refractivity contribution in [2.75, 3.05) is 6.61 Å². The molecule has 0 aliphatic heterocycles. The standard InChI is InChI=1S/C14H22O3/c1-3-5-13(16-4-2)17-14(15)12-9-10-6-7-11(12)8-10/h6-7,10-13H,3-5,8-9H2,1-2H3. The monoisotopic (exact) mass is 238 g/mol. The zero-order chi connectivity index (χ0) is 12.3. The molecule has 4 unspecified atom stereocenters. The Balaban J connectivity index is 1.85. The summed E-state index contributed by atoms with van der Waals surface area (Å²) in [6.07, 6.45) is 7.92. The molecule has 1 saturated carbocycles. The van der Waals surface area contributed by atoms with E-state index in [-0.39, 0.29) is 18.2 Å². The van der Waals surface area contributed by atoms with Crippen LogP contribution in [0.5, 0.6) is 0 Å². The highest BCUT2D eigenvalue weighted by Gasteiger charge is 2.41. The van der Waals surface area contributed by atoms with E-state index in [4.69, 9.17) is 9.47 Å². The average molecular weight is 238 g/mol. The molecule has 2 aliphatic rings. The van der Waals surface area contributed by atoms with Crippen LogP contribution in [0.4, 0.5) is 0 Å². The lowest BCUT2D eigenvalue weighted by Crippen LogP contribution is -2.28. The molecule has 96 valence electrons. The maximum Gasteiger partial charge on any atom is 0.311 e. The summed E-state index contributed by atoms with van der Waals surface area (Å²) in [6, 6.07) is 0. The van der Waals surface area contributed by atoms with Crippen LogP contribution in [0.15, 0.2) is 12.2 Å². The molecule has 0 aromatic carbocycles. The summed E-state index contributed by atoms with van der Waals surface area (Å²) in [7, 11) is 0. The van der Waals surface area contributed by atoms with Crippen LogP contribution in [0, 0.1) is 17.8 Å². The second-order valence-electron chi connectivity index (χ2n) is 5.00. The number of rotatable bonds is 6. The van der Waals surface area contributed by atoms with Crippen molar-refractivity contribution < 1.29 is 14.3 Å². The summed E-state index contributed by atoms with van der Waals surface area (Å²) in [5.41, 5.74) is 0. The molecule has 0 aromatic rings. The zero-order valence-corrected chi connectivity index (χ0v) is 10.7. The Bertz CT molecular complexity index is 292. The van der Waals surface area contributed by atoms with E-state index < -0.39 is 0 Å². The fourth-order valence-corrected chi connectivity index (χ4v) is 2.87. The van der Waals surface area contributed by atoms with E-state index in [1.54, 1.807) is 0 Å². The first-order valence-corrected chi connectivity index (χ1v) is 6.75. The maximum atomic E-state index is 12.1. The average Bonchev–Trinajstić information content (AvgIpc) is 2.91. The first-order chi connectivity index (χ1) is 8.24. The summed E-state index contributed by atoms with van der Waals surface area (Å²) in [5, 5.41) is 0. The van der Waals surface area contributed by atoms with Gasteiger partial charge >= 0.3 is 5.97 Å². The lowest BCUT2D eigenvalue weighted by Gasteiger charge is -2.22. The number of carbonyl (C=O) groups is 1. The Hall–Kier alpha value is -0.830. The molecule has 3 heteroatoms. The molecule has 0 spiro atoms. The number of carbonyl (C=O) groups excluding carboxylic acids is 1. The molecule has 0 saturated heterocycles. The minimum Gasteiger partial charge on any atom is -0.436 e. The predicted molar refractivity (Wildman–Crippen MR) is 65.3 cm³/mol. The molecular formula is C14H22O3. The summed E-state index contributed by atoms with van der Waals surface area (Å²) < 4.78 is 10.9. The van der Waals surface area contributed by atoms with Gasteiger partial charge in [-0.3, -0.25) is 4.79 Å². The van der Waals surface area contributed by atoms with Crippen LogP contribution in [0.1, 0.15) is 39.5 Å². The van der Waals surface area contributed by atoms with Crippen molar-refractivity contribution in [3.05, 3.63) is 12.2 Å².